The highest BCUT2D eigenvalue weighted by molar-refractivity contribution is 5.84. The van der Waals surface area contributed by atoms with Gasteiger partial charge < -0.3 is 5.73 Å². The minimum atomic E-state index is 0.461. The molecular weight excluding hydrogens is 262 g/mol. The summed E-state index contributed by atoms with van der Waals surface area (Å²) >= 11 is 0. The lowest BCUT2D eigenvalue weighted by Crippen LogP contribution is -2.04. The molecule has 0 aliphatic heterocycles. The van der Waals surface area contributed by atoms with Gasteiger partial charge >= 0.3 is 0 Å². The lowest BCUT2D eigenvalue weighted by atomic mass is 10.1. The molecule has 5 heteroatoms. The van der Waals surface area contributed by atoms with E-state index in [4.69, 9.17) is 5.73 Å². The lowest BCUT2D eigenvalue weighted by molar-refractivity contribution is 0.803. The Hall–Kier alpha value is -2.79. The summed E-state index contributed by atoms with van der Waals surface area (Å²) in [6, 6.07) is 17.8. The maximum absolute atomic E-state index is 5.88. The molecule has 0 aliphatic carbocycles. The van der Waals surface area contributed by atoms with Crippen LogP contribution in [-0.2, 0) is 6.54 Å². The average molecular weight is 275 g/mol. The van der Waals surface area contributed by atoms with E-state index in [2.05, 4.69) is 15.3 Å². The first kappa shape index (κ1) is 12.0. The fourth-order valence-electron chi connectivity index (χ4n) is 2.55. The van der Waals surface area contributed by atoms with E-state index in [-0.39, 0.29) is 0 Å². The largest absolute Gasteiger partial charge is 0.326 e. The number of fused-ring (bicyclic) bond motifs is 2. The van der Waals surface area contributed by atoms with Gasteiger partial charge in [-0.2, -0.15) is 4.68 Å². The third-order valence-corrected chi connectivity index (χ3v) is 3.58. The molecule has 0 spiro atoms. The number of rotatable bonds is 2. The van der Waals surface area contributed by atoms with E-state index in [9.17, 15) is 0 Å². The van der Waals surface area contributed by atoms with E-state index in [1.807, 2.05) is 54.6 Å². The van der Waals surface area contributed by atoms with Crippen molar-refractivity contribution >= 4 is 21.9 Å². The van der Waals surface area contributed by atoms with E-state index in [1.54, 1.807) is 4.68 Å². The minimum Gasteiger partial charge on any atom is -0.326 e. The van der Waals surface area contributed by atoms with Gasteiger partial charge in [0.05, 0.1) is 11.0 Å². The van der Waals surface area contributed by atoms with Crippen molar-refractivity contribution in [2.45, 2.75) is 6.54 Å². The number of pyridine rings is 1. The first-order valence-corrected chi connectivity index (χ1v) is 6.76. The molecule has 5 nitrogen and oxygen atoms in total. The second kappa shape index (κ2) is 4.64. The zero-order valence-electron chi connectivity index (χ0n) is 11.3. The molecule has 2 aromatic carbocycles. The summed E-state index contributed by atoms with van der Waals surface area (Å²) < 4.78 is 1.75. The van der Waals surface area contributed by atoms with Crippen molar-refractivity contribution in [2.75, 3.05) is 0 Å². The SMILES string of the molecule is NCc1cc(-n2nnc3ccccc32)nc2ccccc12. The second-order valence-corrected chi connectivity index (χ2v) is 4.85. The summed E-state index contributed by atoms with van der Waals surface area (Å²) in [7, 11) is 0. The highest BCUT2D eigenvalue weighted by atomic mass is 15.4. The van der Waals surface area contributed by atoms with Crippen LogP contribution in [0.3, 0.4) is 0 Å². The lowest BCUT2D eigenvalue weighted by Gasteiger charge is -2.08. The number of nitrogens with zero attached hydrogens (tertiary/aromatic N) is 4. The monoisotopic (exact) mass is 275 g/mol. The maximum atomic E-state index is 5.88. The summed E-state index contributed by atoms with van der Waals surface area (Å²) in [5.41, 5.74) is 9.62. The van der Waals surface area contributed by atoms with Gasteiger partial charge in [0.2, 0.25) is 0 Å². The highest BCUT2D eigenvalue weighted by Crippen LogP contribution is 2.21. The van der Waals surface area contributed by atoms with Gasteiger partial charge in [0.25, 0.3) is 0 Å². The quantitative estimate of drug-likeness (QED) is 0.610. The topological polar surface area (TPSA) is 69.6 Å². The molecule has 4 aromatic rings. The van der Waals surface area contributed by atoms with Crippen LogP contribution in [0.5, 0.6) is 0 Å². The molecule has 4 rings (SSSR count). The number of para-hydroxylation sites is 2. The van der Waals surface area contributed by atoms with Crippen molar-refractivity contribution in [3.8, 4) is 5.82 Å². The Kier molecular flexibility index (Phi) is 2.65. The van der Waals surface area contributed by atoms with E-state index in [1.165, 1.54) is 0 Å². The van der Waals surface area contributed by atoms with Gasteiger partial charge in [-0.25, -0.2) is 4.98 Å². The normalized spacial score (nSPS) is 11.3. The summed E-state index contributed by atoms with van der Waals surface area (Å²) in [6.07, 6.45) is 0. The number of hydrogen-bond donors (Lipinski definition) is 1. The van der Waals surface area contributed by atoms with Gasteiger partial charge in [0, 0.05) is 11.9 Å². The van der Waals surface area contributed by atoms with Crippen LogP contribution in [0.1, 0.15) is 5.56 Å². The Morgan fingerprint density at radius 2 is 1.71 bits per heavy atom. The fourth-order valence-corrected chi connectivity index (χ4v) is 2.55. The predicted molar refractivity (Wildman–Crippen MR) is 82.1 cm³/mol. The molecule has 0 unspecified atom stereocenters. The number of benzene rings is 2. The van der Waals surface area contributed by atoms with Crippen molar-refractivity contribution in [3.05, 3.63) is 60.2 Å². The predicted octanol–water partition coefficient (Wildman–Crippen LogP) is 2.43. The molecule has 0 amide bonds. The van der Waals surface area contributed by atoms with Crippen LogP contribution in [0.25, 0.3) is 27.8 Å². The van der Waals surface area contributed by atoms with Gasteiger partial charge in [-0.1, -0.05) is 35.5 Å². The van der Waals surface area contributed by atoms with Crippen LogP contribution in [0.15, 0.2) is 54.6 Å². The Balaban J connectivity index is 2.02. The Bertz CT molecular complexity index is 942. The van der Waals surface area contributed by atoms with E-state index in [0.29, 0.717) is 6.54 Å². The molecule has 0 saturated heterocycles. The smallest absolute Gasteiger partial charge is 0.156 e. The number of aromatic nitrogens is 4. The molecule has 102 valence electrons. The average Bonchev–Trinajstić information content (AvgIpc) is 2.98. The highest BCUT2D eigenvalue weighted by Gasteiger charge is 2.10. The van der Waals surface area contributed by atoms with Gasteiger partial charge in [0.15, 0.2) is 5.82 Å². The van der Waals surface area contributed by atoms with Gasteiger partial charge in [-0.3, -0.25) is 0 Å². The molecule has 2 N–H and O–H groups in total. The van der Waals surface area contributed by atoms with Crippen LogP contribution in [0, 0.1) is 0 Å². The fraction of sp³-hybridized carbons (Fsp3) is 0.0625. The van der Waals surface area contributed by atoms with Crippen molar-refractivity contribution in [3.63, 3.8) is 0 Å². The third kappa shape index (κ3) is 1.86. The molecule has 0 bridgehead atoms. The first-order chi connectivity index (χ1) is 10.4. The summed E-state index contributed by atoms with van der Waals surface area (Å²) in [5, 5.41) is 9.46. The van der Waals surface area contributed by atoms with E-state index >= 15 is 0 Å². The molecule has 2 aromatic heterocycles. The summed E-state index contributed by atoms with van der Waals surface area (Å²) in [4.78, 5) is 4.68. The standard InChI is InChI=1S/C16H13N5/c17-10-11-9-16(18-13-6-2-1-5-12(11)13)21-15-8-4-3-7-14(15)19-20-21/h1-9H,10,17H2. The second-order valence-electron chi connectivity index (χ2n) is 4.85. The Morgan fingerprint density at radius 3 is 2.57 bits per heavy atom. The van der Waals surface area contributed by atoms with Crippen LogP contribution in [0.2, 0.25) is 0 Å². The Labute approximate surface area is 121 Å². The minimum absolute atomic E-state index is 0.461. The van der Waals surface area contributed by atoms with Crippen LogP contribution >= 0.6 is 0 Å². The van der Waals surface area contributed by atoms with Crippen molar-refractivity contribution in [1.82, 2.24) is 20.0 Å². The van der Waals surface area contributed by atoms with Crippen LogP contribution in [-0.4, -0.2) is 20.0 Å². The molecule has 2 heterocycles. The zero-order chi connectivity index (χ0) is 14.2. The maximum Gasteiger partial charge on any atom is 0.156 e. The van der Waals surface area contributed by atoms with Crippen molar-refractivity contribution < 1.29 is 0 Å². The van der Waals surface area contributed by atoms with E-state index in [0.717, 1.165) is 33.3 Å². The molecule has 0 aliphatic rings. The summed E-state index contributed by atoms with van der Waals surface area (Å²) in [6.45, 7) is 0.461. The molecular formula is C16H13N5. The van der Waals surface area contributed by atoms with Gasteiger partial charge in [-0.15, -0.1) is 5.10 Å². The first-order valence-electron chi connectivity index (χ1n) is 6.76. The molecule has 0 saturated carbocycles. The number of hydrogen-bond acceptors (Lipinski definition) is 4. The molecule has 0 fully saturated rings. The third-order valence-electron chi connectivity index (χ3n) is 3.58. The van der Waals surface area contributed by atoms with Gasteiger partial charge in [-0.05, 0) is 29.8 Å². The molecule has 21 heavy (non-hydrogen) atoms. The van der Waals surface area contributed by atoms with Crippen LogP contribution in [0.4, 0.5) is 0 Å². The van der Waals surface area contributed by atoms with Crippen molar-refractivity contribution in [2.24, 2.45) is 5.73 Å². The van der Waals surface area contributed by atoms with Crippen molar-refractivity contribution in [1.29, 1.82) is 0 Å². The van der Waals surface area contributed by atoms with Gasteiger partial charge in [0.1, 0.15) is 5.52 Å². The summed E-state index contributed by atoms with van der Waals surface area (Å²) in [5.74, 6) is 0.739. The molecule has 0 atom stereocenters. The zero-order valence-corrected chi connectivity index (χ0v) is 11.3. The van der Waals surface area contributed by atoms with Crippen LogP contribution < -0.4 is 5.73 Å². The number of nitrogens with two attached hydrogens (primary N) is 1. The Morgan fingerprint density at radius 1 is 0.952 bits per heavy atom. The van der Waals surface area contributed by atoms with E-state index < -0.39 is 0 Å². The molecule has 0 radical (unpaired) electrons.